The van der Waals surface area contributed by atoms with E-state index < -0.39 is 0 Å². The minimum absolute atomic E-state index is 0.0394. The zero-order valence-electron chi connectivity index (χ0n) is 13.7. The van der Waals surface area contributed by atoms with Crippen LogP contribution in [0.25, 0.3) is 21.8 Å². The van der Waals surface area contributed by atoms with Crippen LogP contribution < -0.4 is 10.9 Å². The highest BCUT2D eigenvalue weighted by Crippen LogP contribution is 2.25. The summed E-state index contributed by atoms with van der Waals surface area (Å²) in [4.78, 5) is 24.8. The third-order valence-corrected chi connectivity index (χ3v) is 4.50. The molecule has 0 bridgehead atoms. The van der Waals surface area contributed by atoms with Crippen LogP contribution in [0.2, 0.25) is 5.02 Å². The number of nitrogens with zero attached hydrogens (tertiary/aromatic N) is 2. The van der Waals surface area contributed by atoms with E-state index in [0.717, 1.165) is 21.9 Å². The standard InChI is InChI=1S/C19H15ClN4O2/c20-13-5-3-4-12(8-13)9-21-17(25)11-24-16-7-2-1-6-14(16)15-10-22-23-19(26)18(15)24/h1-8,10H,9,11H2,(H,21,25)(H,23,26). The van der Waals surface area contributed by atoms with Crippen LogP contribution in [-0.4, -0.2) is 20.7 Å². The quantitative estimate of drug-likeness (QED) is 0.583. The van der Waals surface area contributed by atoms with Gasteiger partial charge in [0.25, 0.3) is 5.56 Å². The van der Waals surface area contributed by atoms with Crippen LogP contribution in [0.3, 0.4) is 0 Å². The molecule has 7 heteroatoms. The van der Waals surface area contributed by atoms with E-state index in [2.05, 4.69) is 15.5 Å². The van der Waals surface area contributed by atoms with Crippen LogP contribution in [0.5, 0.6) is 0 Å². The maximum absolute atomic E-state index is 12.5. The van der Waals surface area contributed by atoms with E-state index >= 15 is 0 Å². The van der Waals surface area contributed by atoms with Gasteiger partial charge in [0.15, 0.2) is 0 Å². The number of carbonyl (C=O) groups excluding carboxylic acids is 1. The predicted molar refractivity (Wildman–Crippen MR) is 101 cm³/mol. The summed E-state index contributed by atoms with van der Waals surface area (Å²) in [6.07, 6.45) is 1.61. The van der Waals surface area contributed by atoms with Crippen molar-refractivity contribution >= 4 is 39.3 Å². The third-order valence-electron chi connectivity index (χ3n) is 4.27. The van der Waals surface area contributed by atoms with Crippen LogP contribution >= 0.6 is 11.6 Å². The van der Waals surface area contributed by atoms with E-state index in [1.165, 1.54) is 0 Å². The van der Waals surface area contributed by atoms with Crippen molar-refractivity contribution < 1.29 is 4.79 Å². The third kappa shape index (κ3) is 2.95. The number of aromatic nitrogens is 3. The molecule has 0 unspecified atom stereocenters. The van der Waals surface area contributed by atoms with E-state index in [1.54, 1.807) is 22.9 Å². The van der Waals surface area contributed by atoms with Gasteiger partial charge in [0.05, 0.1) is 6.20 Å². The number of hydrogen-bond acceptors (Lipinski definition) is 3. The van der Waals surface area contributed by atoms with Crippen molar-refractivity contribution in [3.63, 3.8) is 0 Å². The molecule has 0 fully saturated rings. The van der Waals surface area contributed by atoms with Gasteiger partial charge in [-0.15, -0.1) is 0 Å². The highest BCUT2D eigenvalue weighted by Gasteiger charge is 2.15. The van der Waals surface area contributed by atoms with Gasteiger partial charge in [0.2, 0.25) is 5.91 Å². The normalized spacial score (nSPS) is 11.1. The molecule has 2 aromatic carbocycles. The molecule has 2 heterocycles. The zero-order chi connectivity index (χ0) is 18.1. The molecule has 4 aromatic rings. The monoisotopic (exact) mass is 366 g/mol. The summed E-state index contributed by atoms with van der Waals surface area (Å²) in [5.41, 5.74) is 1.86. The molecule has 1 amide bonds. The Bertz CT molecular complexity index is 1180. The van der Waals surface area contributed by atoms with Crippen LogP contribution in [0, 0.1) is 0 Å². The molecule has 26 heavy (non-hydrogen) atoms. The van der Waals surface area contributed by atoms with Crippen molar-refractivity contribution in [2.45, 2.75) is 13.1 Å². The average molecular weight is 367 g/mol. The lowest BCUT2D eigenvalue weighted by Gasteiger charge is -2.08. The van der Waals surface area contributed by atoms with Crippen molar-refractivity contribution in [1.29, 1.82) is 0 Å². The number of amides is 1. The fourth-order valence-electron chi connectivity index (χ4n) is 3.13. The average Bonchev–Trinajstić information content (AvgIpc) is 2.96. The molecule has 0 spiro atoms. The van der Waals surface area contributed by atoms with Gasteiger partial charge < -0.3 is 9.88 Å². The molecule has 0 radical (unpaired) electrons. The van der Waals surface area contributed by atoms with Crippen molar-refractivity contribution in [2.24, 2.45) is 0 Å². The highest BCUT2D eigenvalue weighted by molar-refractivity contribution is 6.30. The molecule has 130 valence electrons. The molecular formula is C19H15ClN4O2. The maximum atomic E-state index is 12.5. The Balaban J connectivity index is 1.66. The molecule has 2 aromatic heterocycles. The largest absolute Gasteiger partial charge is 0.350 e. The number of carbonyl (C=O) groups is 1. The van der Waals surface area contributed by atoms with E-state index in [-0.39, 0.29) is 18.0 Å². The smallest absolute Gasteiger partial charge is 0.288 e. The molecule has 0 saturated heterocycles. The molecule has 2 N–H and O–H groups in total. The lowest BCUT2D eigenvalue weighted by atomic mass is 10.2. The first-order valence-corrected chi connectivity index (χ1v) is 8.47. The first-order valence-electron chi connectivity index (χ1n) is 8.09. The number of H-pyrrole nitrogens is 1. The van der Waals surface area contributed by atoms with Gasteiger partial charge in [-0.05, 0) is 23.8 Å². The molecule has 0 aliphatic heterocycles. The summed E-state index contributed by atoms with van der Waals surface area (Å²) >= 11 is 5.96. The topological polar surface area (TPSA) is 79.8 Å². The number of halogens is 1. The highest BCUT2D eigenvalue weighted by atomic mass is 35.5. The second-order valence-corrected chi connectivity index (χ2v) is 6.41. The summed E-state index contributed by atoms with van der Waals surface area (Å²) < 4.78 is 1.72. The Morgan fingerprint density at radius 3 is 2.85 bits per heavy atom. The number of hydrogen-bond donors (Lipinski definition) is 2. The van der Waals surface area contributed by atoms with Crippen LogP contribution in [-0.2, 0) is 17.9 Å². The van der Waals surface area contributed by atoms with Gasteiger partial charge in [-0.25, -0.2) is 5.10 Å². The van der Waals surface area contributed by atoms with Gasteiger partial charge in [0, 0.05) is 27.9 Å². The number of para-hydroxylation sites is 1. The second kappa shape index (κ2) is 6.65. The second-order valence-electron chi connectivity index (χ2n) is 5.97. The minimum atomic E-state index is -0.318. The van der Waals surface area contributed by atoms with Gasteiger partial charge in [0.1, 0.15) is 12.1 Å². The predicted octanol–water partition coefficient (Wildman–Crippen LogP) is 2.85. The number of nitrogens with one attached hydrogen (secondary N) is 2. The van der Waals surface area contributed by atoms with Gasteiger partial charge >= 0.3 is 0 Å². The SMILES string of the molecule is O=C(Cn1c2ccccc2c2cn[nH]c(=O)c21)NCc1cccc(Cl)c1. The van der Waals surface area contributed by atoms with E-state index in [1.807, 2.05) is 36.4 Å². The Morgan fingerprint density at radius 2 is 2.00 bits per heavy atom. The zero-order valence-corrected chi connectivity index (χ0v) is 14.5. The summed E-state index contributed by atoms with van der Waals surface area (Å²) in [6, 6.07) is 14.9. The van der Waals surface area contributed by atoms with Crippen molar-refractivity contribution in [1.82, 2.24) is 20.1 Å². The van der Waals surface area contributed by atoms with Gasteiger partial charge in [-0.3, -0.25) is 9.59 Å². The summed E-state index contributed by atoms with van der Waals surface area (Å²) in [6.45, 7) is 0.409. The Labute approximate surface area is 153 Å². The fourth-order valence-corrected chi connectivity index (χ4v) is 3.34. The lowest BCUT2D eigenvalue weighted by Crippen LogP contribution is -2.28. The maximum Gasteiger partial charge on any atom is 0.288 e. The summed E-state index contributed by atoms with van der Waals surface area (Å²) in [5, 5.41) is 11.4. The number of aromatic amines is 1. The molecule has 0 saturated carbocycles. The molecule has 0 aliphatic rings. The number of rotatable bonds is 4. The van der Waals surface area contributed by atoms with Crippen molar-refractivity contribution in [2.75, 3.05) is 0 Å². The lowest BCUT2D eigenvalue weighted by molar-refractivity contribution is -0.121. The Kier molecular flexibility index (Phi) is 4.18. The summed E-state index contributed by atoms with van der Waals surface area (Å²) in [7, 11) is 0. The first-order chi connectivity index (χ1) is 12.6. The van der Waals surface area contributed by atoms with E-state index in [0.29, 0.717) is 17.1 Å². The van der Waals surface area contributed by atoms with E-state index in [9.17, 15) is 9.59 Å². The Hall–Kier alpha value is -3.12. The van der Waals surface area contributed by atoms with Crippen LogP contribution in [0.15, 0.2) is 59.5 Å². The summed E-state index contributed by atoms with van der Waals surface area (Å²) in [5.74, 6) is -0.191. The molecule has 6 nitrogen and oxygen atoms in total. The molecule has 0 atom stereocenters. The van der Waals surface area contributed by atoms with Crippen molar-refractivity contribution in [3.05, 3.63) is 75.7 Å². The van der Waals surface area contributed by atoms with Crippen LogP contribution in [0.4, 0.5) is 0 Å². The van der Waals surface area contributed by atoms with Crippen LogP contribution in [0.1, 0.15) is 5.56 Å². The van der Waals surface area contributed by atoms with Crippen molar-refractivity contribution in [3.8, 4) is 0 Å². The fraction of sp³-hybridized carbons (Fsp3) is 0.105. The first kappa shape index (κ1) is 16.4. The number of fused-ring (bicyclic) bond motifs is 3. The molecule has 0 aliphatic carbocycles. The minimum Gasteiger partial charge on any atom is -0.350 e. The van der Waals surface area contributed by atoms with Gasteiger partial charge in [-0.1, -0.05) is 41.9 Å². The van der Waals surface area contributed by atoms with E-state index in [4.69, 9.17) is 11.6 Å². The van der Waals surface area contributed by atoms with Gasteiger partial charge in [-0.2, -0.15) is 5.10 Å². The number of benzene rings is 2. The molecular weight excluding hydrogens is 352 g/mol. The molecule has 4 rings (SSSR count). The Morgan fingerprint density at radius 1 is 1.15 bits per heavy atom.